The van der Waals surface area contributed by atoms with Gasteiger partial charge in [-0.15, -0.1) is 0 Å². The number of halogens is 4. The summed E-state index contributed by atoms with van der Waals surface area (Å²) < 4.78 is 31.7. The van der Waals surface area contributed by atoms with Gasteiger partial charge in [-0.1, -0.05) is 15.9 Å². The fraction of sp³-hybridized carbons (Fsp3) is 0.800. The van der Waals surface area contributed by atoms with Crippen molar-refractivity contribution in [3.05, 3.63) is 0 Å². The lowest BCUT2D eigenvalue weighted by atomic mass is 9.93. The van der Waals surface area contributed by atoms with Crippen LogP contribution in [0.2, 0.25) is 0 Å². The third-order valence-corrected chi connectivity index (χ3v) is 2.99. The number of hydrogen-bond donors (Lipinski definition) is 2. The summed E-state index contributed by atoms with van der Waals surface area (Å²) in [6.45, 7) is 2.17. The molecule has 8 heteroatoms. The van der Waals surface area contributed by atoms with Crippen molar-refractivity contribution in [2.45, 2.75) is 25.4 Å². The highest BCUT2D eigenvalue weighted by Gasteiger charge is 2.38. The molecule has 106 valence electrons. The molecular weight excluding hydrogens is 319 g/mol. The van der Waals surface area contributed by atoms with Crippen LogP contribution in [0.15, 0.2) is 0 Å². The Morgan fingerprint density at radius 3 is 2.06 bits per heavy atom. The smallest absolute Gasteiger partial charge is 0.475 e. The van der Waals surface area contributed by atoms with Crippen LogP contribution < -0.4 is 5.32 Å². The number of aliphatic carboxylic acids is 1. The van der Waals surface area contributed by atoms with E-state index in [0.29, 0.717) is 17.0 Å². The van der Waals surface area contributed by atoms with Crippen LogP contribution in [0.4, 0.5) is 13.2 Å². The topological polar surface area (TPSA) is 66.4 Å². The lowest BCUT2D eigenvalue weighted by Crippen LogP contribution is -2.29. The molecule has 0 saturated carbocycles. The molecule has 0 aromatic heterocycles. The molecule has 0 bridgehead atoms. The van der Waals surface area contributed by atoms with Gasteiger partial charge >= 0.3 is 12.1 Å². The van der Waals surface area contributed by atoms with Crippen LogP contribution in [0.3, 0.4) is 0 Å². The molecule has 0 aromatic rings. The molecule has 0 unspecified atom stereocenters. The summed E-state index contributed by atoms with van der Waals surface area (Å²) in [5.74, 6) is -1.77. The average Bonchev–Trinajstić information content (AvgIpc) is 2.29. The minimum Gasteiger partial charge on any atom is -0.475 e. The maximum Gasteiger partial charge on any atom is 0.490 e. The predicted octanol–water partition coefficient (Wildman–Crippen LogP) is 1.97. The van der Waals surface area contributed by atoms with E-state index < -0.39 is 12.1 Å². The SMILES string of the molecule is O=C(CBr)CC1CCNCC1.O=C(O)C(F)(F)F. The molecule has 1 saturated heterocycles. The van der Waals surface area contributed by atoms with Gasteiger partial charge in [0.15, 0.2) is 0 Å². The fourth-order valence-electron chi connectivity index (χ4n) is 1.46. The molecule has 1 rings (SSSR count). The Morgan fingerprint density at radius 1 is 1.28 bits per heavy atom. The summed E-state index contributed by atoms with van der Waals surface area (Å²) in [5, 5.41) is 10.9. The molecular formula is C10H15BrF3NO3. The molecule has 1 heterocycles. The Morgan fingerprint density at radius 2 is 1.72 bits per heavy atom. The van der Waals surface area contributed by atoms with Crippen molar-refractivity contribution < 1.29 is 27.9 Å². The van der Waals surface area contributed by atoms with Gasteiger partial charge in [-0.2, -0.15) is 13.2 Å². The first-order chi connectivity index (χ1) is 8.27. The molecule has 0 atom stereocenters. The third-order valence-electron chi connectivity index (χ3n) is 2.37. The monoisotopic (exact) mass is 333 g/mol. The first-order valence-electron chi connectivity index (χ1n) is 5.36. The molecule has 0 amide bonds. The van der Waals surface area contributed by atoms with Crippen LogP contribution in [0.1, 0.15) is 19.3 Å². The van der Waals surface area contributed by atoms with E-state index in [9.17, 15) is 18.0 Å². The predicted molar refractivity (Wildman–Crippen MR) is 62.7 cm³/mol. The second-order valence-electron chi connectivity index (χ2n) is 3.87. The van der Waals surface area contributed by atoms with Crippen molar-refractivity contribution in [2.24, 2.45) is 5.92 Å². The molecule has 1 aliphatic heterocycles. The molecule has 2 N–H and O–H groups in total. The number of ketones is 1. The first kappa shape index (κ1) is 17.4. The number of carbonyl (C=O) groups is 2. The van der Waals surface area contributed by atoms with E-state index in [0.717, 1.165) is 19.5 Å². The van der Waals surface area contributed by atoms with E-state index in [2.05, 4.69) is 21.2 Å². The molecule has 4 nitrogen and oxygen atoms in total. The molecule has 18 heavy (non-hydrogen) atoms. The number of nitrogens with one attached hydrogen (secondary N) is 1. The zero-order valence-electron chi connectivity index (χ0n) is 9.60. The molecule has 1 aliphatic rings. The summed E-state index contributed by atoms with van der Waals surface area (Å²) in [5.41, 5.74) is 0. The zero-order chi connectivity index (χ0) is 14.2. The Balaban J connectivity index is 0.000000360. The molecule has 0 aromatic carbocycles. The Kier molecular flexibility index (Phi) is 8.17. The normalized spacial score (nSPS) is 16.7. The second-order valence-corrected chi connectivity index (χ2v) is 4.43. The van der Waals surface area contributed by atoms with E-state index in [1.807, 2.05) is 0 Å². The van der Waals surface area contributed by atoms with Gasteiger partial charge < -0.3 is 10.4 Å². The van der Waals surface area contributed by atoms with E-state index in [4.69, 9.17) is 9.90 Å². The number of carbonyl (C=O) groups excluding carboxylic acids is 1. The van der Waals surface area contributed by atoms with Gasteiger partial charge in [0, 0.05) is 6.42 Å². The summed E-state index contributed by atoms with van der Waals surface area (Å²) in [6, 6.07) is 0. The lowest BCUT2D eigenvalue weighted by molar-refractivity contribution is -0.192. The minimum atomic E-state index is -5.08. The van der Waals surface area contributed by atoms with Crippen molar-refractivity contribution in [1.82, 2.24) is 5.32 Å². The number of carboxylic acids is 1. The molecule has 0 radical (unpaired) electrons. The van der Waals surface area contributed by atoms with Gasteiger partial charge in [-0.05, 0) is 31.8 Å². The maximum absolute atomic E-state index is 11.0. The summed E-state index contributed by atoms with van der Waals surface area (Å²) in [7, 11) is 0. The van der Waals surface area contributed by atoms with Crippen molar-refractivity contribution in [3.8, 4) is 0 Å². The fourth-order valence-corrected chi connectivity index (χ4v) is 1.69. The number of piperidine rings is 1. The lowest BCUT2D eigenvalue weighted by Gasteiger charge is -2.21. The van der Waals surface area contributed by atoms with Crippen molar-refractivity contribution in [1.29, 1.82) is 0 Å². The van der Waals surface area contributed by atoms with Crippen LogP contribution in [0.5, 0.6) is 0 Å². The maximum atomic E-state index is 11.0. The van der Waals surface area contributed by atoms with E-state index in [1.165, 1.54) is 12.8 Å². The Bertz CT molecular complexity index is 278. The largest absolute Gasteiger partial charge is 0.490 e. The van der Waals surface area contributed by atoms with Gasteiger partial charge in [0.2, 0.25) is 0 Å². The van der Waals surface area contributed by atoms with Crippen LogP contribution in [0, 0.1) is 5.92 Å². The van der Waals surface area contributed by atoms with Crippen molar-refractivity contribution in [3.63, 3.8) is 0 Å². The summed E-state index contributed by atoms with van der Waals surface area (Å²) in [4.78, 5) is 19.9. The van der Waals surface area contributed by atoms with E-state index in [-0.39, 0.29) is 0 Å². The van der Waals surface area contributed by atoms with Crippen LogP contribution in [-0.2, 0) is 9.59 Å². The van der Waals surface area contributed by atoms with E-state index >= 15 is 0 Å². The number of Topliss-reactive ketones (excluding diaryl/α,β-unsaturated/α-hetero) is 1. The highest BCUT2D eigenvalue weighted by Crippen LogP contribution is 2.16. The van der Waals surface area contributed by atoms with Gasteiger partial charge in [0.25, 0.3) is 0 Å². The van der Waals surface area contributed by atoms with Crippen molar-refractivity contribution in [2.75, 3.05) is 18.4 Å². The number of alkyl halides is 4. The number of carboxylic acid groups (broad SMARTS) is 1. The number of rotatable bonds is 3. The van der Waals surface area contributed by atoms with Gasteiger partial charge in [-0.25, -0.2) is 4.79 Å². The third kappa shape index (κ3) is 8.46. The highest BCUT2D eigenvalue weighted by atomic mass is 79.9. The zero-order valence-corrected chi connectivity index (χ0v) is 11.2. The molecule has 0 aliphatic carbocycles. The van der Waals surface area contributed by atoms with Crippen molar-refractivity contribution >= 4 is 27.7 Å². The van der Waals surface area contributed by atoms with Crippen LogP contribution in [0.25, 0.3) is 0 Å². The highest BCUT2D eigenvalue weighted by molar-refractivity contribution is 9.09. The Hall–Kier alpha value is -0.630. The molecule has 0 spiro atoms. The summed E-state index contributed by atoms with van der Waals surface area (Å²) in [6.07, 6.45) is -1.98. The van der Waals surface area contributed by atoms with Gasteiger partial charge in [0.1, 0.15) is 5.78 Å². The van der Waals surface area contributed by atoms with E-state index in [1.54, 1.807) is 0 Å². The average molecular weight is 334 g/mol. The van der Waals surface area contributed by atoms with Gasteiger partial charge in [0.05, 0.1) is 5.33 Å². The van der Waals surface area contributed by atoms with Crippen LogP contribution >= 0.6 is 15.9 Å². The first-order valence-corrected chi connectivity index (χ1v) is 6.48. The standard InChI is InChI=1S/C8H14BrNO.C2HF3O2/c9-6-8(11)5-7-1-3-10-4-2-7;3-2(4,5)1(6)7/h7,10H,1-6H2;(H,6,7). The Labute approximate surface area is 111 Å². The second kappa shape index (κ2) is 8.47. The number of hydrogen-bond acceptors (Lipinski definition) is 3. The minimum absolute atomic E-state index is 0.344. The summed E-state index contributed by atoms with van der Waals surface area (Å²) >= 11 is 3.18. The van der Waals surface area contributed by atoms with Gasteiger partial charge in [-0.3, -0.25) is 4.79 Å². The molecule has 1 fully saturated rings. The quantitative estimate of drug-likeness (QED) is 0.775. The van der Waals surface area contributed by atoms with Crippen LogP contribution in [-0.4, -0.2) is 41.5 Å².